The van der Waals surface area contributed by atoms with Crippen molar-refractivity contribution in [2.75, 3.05) is 12.4 Å². The Hall–Kier alpha value is -1.15. The zero-order valence-corrected chi connectivity index (χ0v) is 12.5. The van der Waals surface area contributed by atoms with Crippen LogP contribution in [0.1, 0.15) is 39.5 Å². The molecule has 1 aliphatic carbocycles. The largest absolute Gasteiger partial charge is 0.481 e. The molecular formula is C12H21NO6S. The molecule has 0 spiro atoms. The standard InChI is InChI=1S/C12H21NO6S/c1-3-19-10(14)6-8-20(17,18)13-9-5-4-7-12(9,2)11(15)16/h9,13H,3-8H2,1-2H3,(H,15,16). The van der Waals surface area contributed by atoms with E-state index in [-0.39, 0.29) is 13.0 Å². The lowest BCUT2D eigenvalue weighted by Crippen LogP contribution is -2.47. The van der Waals surface area contributed by atoms with Gasteiger partial charge in [-0.3, -0.25) is 9.59 Å². The Labute approximate surface area is 118 Å². The number of aliphatic carboxylic acids is 1. The minimum Gasteiger partial charge on any atom is -0.481 e. The summed E-state index contributed by atoms with van der Waals surface area (Å²) in [6, 6.07) is -0.632. The normalized spacial score (nSPS) is 26.4. The number of carboxylic acids is 1. The molecule has 0 heterocycles. The fourth-order valence-electron chi connectivity index (χ4n) is 2.34. The Balaban J connectivity index is 2.62. The van der Waals surface area contributed by atoms with Gasteiger partial charge in [-0.1, -0.05) is 6.42 Å². The van der Waals surface area contributed by atoms with Crippen LogP contribution in [0.25, 0.3) is 0 Å². The second-order valence-electron chi connectivity index (χ2n) is 5.16. The molecule has 1 aliphatic rings. The molecule has 116 valence electrons. The Kier molecular flexibility index (Phi) is 5.52. The summed E-state index contributed by atoms with van der Waals surface area (Å²) in [5, 5.41) is 9.22. The number of hydrogen-bond donors (Lipinski definition) is 2. The number of esters is 1. The molecule has 0 radical (unpaired) electrons. The van der Waals surface area contributed by atoms with Crippen molar-refractivity contribution in [3.63, 3.8) is 0 Å². The van der Waals surface area contributed by atoms with E-state index >= 15 is 0 Å². The number of hydrogen-bond acceptors (Lipinski definition) is 5. The quantitative estimate of drug-likeness (QED) is 0.663. The molecule has 0 aliphatic heterocycles. The molecule has 0 aromatic heterocycles. The lowest BCUT2D eigenvalue weighted by molar-refractivity contribution is -0.148. The van der Waals surface area contributed by atoms with Gasteiger partial charge in [0.2, 0.25) is 10.0 Å². The van der Waals surface area contributed by atoms with Gasteiger partial charge < -0.3 is 9.84 Å². The molecule has 7 nitrogen and oxygen atoms in total. The van der Waals surface area contributed by atoms with Crippen LogP contribution >= 0.6 is 0 Å². The lowest BCUT2D eigenvalue weighted by atomic mass is 9.85. The van der Waals surface area contributed by atoms with Crippen molar-refractivity contribution >= 4 is 22.0 Å². The van der Waals surface area contributed by atoms with E-state index in [4.69, 9.17) is 0 Å². The summed E-state index contributed by atoms with van der Waals surface area (Å²) in [6.07, 6.45) is 1.35. The Morgan fingerprint density at radius 1 is 1.45 bits per heavy atom. The van der Waals surface area contributed by atoms with Crippen LogP contribution < -0.4 is 4.72 Å². The molecule has 0 saturated heterocycles. The van der Waals surface area contributed by atoms with Crippen LogP contribution in [0, 0.1) is 5.41 Å². The first-order chi connectivity index (χ1) is 9.21. The zero-order valence-electron chi connectivity index (χ0n) is 11.7. The fraction of sp³-hybridized carbons (Fsp3) is 0.833. The van der Waals surface area contributed by atoms with Gasteiger partial charge in [-0.15, -0.1) is 0 Å². The topological polar surface area (TPSA) is 110 Å². The van der Waals surface area contributed by atoms with Gasteiger partial charge in [0.25, 0.3) is 0 Å². The molecule has 2 unspecified atom stereocenters. The van der Waals surface area contributed by atoms with Gasteiger partial charge in [0, 0.05) is 6.04 Å². The van der Waals surface area contributed by atoms with Gasteiger partial charge >= 0.3 is 11.9 Å². The Morgan fingerprint density at radius 3 is 2.65 bits per heavy atom. The number of rotatable bonds is 7. The highest BCUT2D eigenvalue weighted by Crippen LogP contribution is 2.38. The number of ether oxygens (including phenoxy) is 1. The lowest BCUT2D eigenvalue weighted by Gasteiger charge is -2.27. The molecule has 1 saturated carbocycles. The number of sulfonamides is 1. The second-order valence-corrected chi connectivity index (χ2v) is 7.03. The monoisotopic (exact) mass is 307 g/mol. The smallest absolute Gasteiger partial charge is 0.310 e. The summed E-state index contributed by atoms with van der Waals surface area (Å²) in [7, 11) is -3.70. The highest BCUT2D eigenvalue weighted by molar-refractivity contribution is 7.89. The molecule has 20 heavy (non-hydrogen) atoms. The van der Waals surface area contributed by atoms with Crippen LogP contribution in [0.3, 0.4) is 0 Å². The molecule has 8 heteroatoms. The maximum Gasteiger partial charge on any atom is 0.310 e. The van der Waals surface area contributed by atoms with E-state index in [1.54, 1.807) is 13.8 Å². The molecule has 1 fully saturated rings. The summed E-state index contributed by atoms with van der Waals surface area (Å²) in [5.74, 6) is -1.98. The summed E-state index contributed by atoms with van der Waals surface area (Å²) in [6.45, 7) is 3.38. The van der Waals surface area contributed by atoms with E-state index in [1.165, 1.54) is 0 Å². The predicted octanol–water partition coefficient (Wildman–Crippen LogP) is 0.502. The van der Waals surface area contributed by atoms with Gasteiger partial charge in [0.05, 0.1) is 24.2 Å². The van der Waals surface area contributed by atoms with Gasteiger partial charge in [0.1, 0.15) is 0 Å². The van der Waals surface area contributed by atoms with Gasteiger partial charge in [-0.05, 0) is 26.7 Å². The highest BCUT2D eigenvalue weighted by atomic mass is 32.2. The van der Waals surface area contributed by atoms with Crippen LogP contribution in [0.15, 0.2) is 0 Å². The Bertz CT molecular complexity index is 474. The van der Waals surface area contributed by atoms with Crippen LogP contribution in [0.2, 0.25) is 0 Å². The predicted molar refractivity (Wildman–Crippen MR) is 71.6 cm³/mol. The minimum atomic E-state index is -3.70. The van der Waals surface area contributed by atoms with Crippen molar-refractivity contribution in [2.45, 2.75) is 45.6 Å². The van der Waals surface area contributed by atoms with Gasteiger partial charge in [-0.2, -0.15) is 0 Å². The number of carboxylic acid groups (broad SMARTS) is 1. The third-order valence-electron chi connectivity index (χ3n) is 3.65. The second kappa shape index (κ2) is 6.53. The molecule has 0 aromatic rings. The van der Waals surface area contributed by atoms with Crippen LogP contribution in [0.4, 0.5) is 0 Å². The van der Waals surface area contributed by atoms with Crippen molar-refractivity contribution in [1.82, 2.24) is 4.72 Å². The number of nitrogens with one attached hydrogen (secondary N) is 1. The summed E-state index contributed by atoms with van der Waals surface area (Å²) >= 11 is 0. The molecule has 0 bridgehead atoms. The number of carbonyl (C=O) groups is 2. The van der Waals surface area contributed by atoms with Crippen molar-refractivity contribution < 1.29 is 27.9 Å². The van der Waals surface area contributed by atoms with Crippen molar-refractivity contribution in [3.8, 4) is 0 Å². The first-order valence-electron chi connectivity index (χ1n) is 6.60. The zero-order chi connectivity index (χ0) is 15.4. The first-order valence-corrected chi connectivity index (χ1v) is 8.25. The minimum absolute atomic E-state index is 0.200. The molecule has 1 rings (SSSR count). The van der Waals surface area contributed by atoms with Crippen molar-refractivity contribution in [2.24, 2.45) is 5.41 Å². The van der Waals surface area contributed by atoms with E-state index in [0.29, 0.717) is 19.3 Å². The van der Waals surface area contributed by atoms with E-state index in [9.17, 15) is 23.1 Å². The molecule has 0 amide bonds. The van der Waals surface area contributed by atoms with E-state index in [1.807, 2.05) is 0 Å². The first kappa shape index (κ1) is 16.9. The molecular weight excluding hydrogens is 286 g/mol. The van der Waals surface area contributed by atoms with Crippen LogP contribution in [0.5, 0.6) is 0 Å². The SMILES string of the molecule is CCOC(=O)CCS(=O)(=O)NC1CCCC1(C)C(=O)O. The average molecular weight is 307 g/mol. The van der Waals surface area contributed by atoms with Gasteiger partial charge in [0.15, 0.2) is 0 Å². The summed E-state index contributed by atoms with van der Waals surface area (Å²) in [4.78, 5) is 22.4. The summed E-state index contributed by atoms with van der Waals surface area (Å²) in [5.41, 5.74) is -1.09. The summed E-state index contributed by atoms with van der Waals surface area (Å²) < 4.78 is 30.9. The van der Waals surface area contributed by atoms with Crippen molar-refractivity contribution in [3.05, 3.63) is 0 Å². The number of carbonyl (C=O) groups excluding carboxylic acids is 1. The molecule has 2 N–H and O–H groups in total. The average Bonchev–Trinajstić information content (AvgIpc) is 2.70. The highest BCUT2D eigenvalue weighted by Gasteiger charge is 2.46. The molecule has 2 atom stereocenters. The van der Waals surface area contributed by atoms with Crippen molar-refractivity contribution in [1.29, 1.82) is 0 Å². The van der Waals surface area contributed by atoms with Gasteiger partial charge in [-0.25, -0.2) is 13.1 Å². The molecule has 0 aromatic carbocycles. The van der Waals surface area contributed by atoms with Crippen LogP contribution in [-0.4, -0.2) is 43.9 Å². The Morgan fingerprint density at radius 2 is 2.10 bits per heavy atom. The fourth-order valence-corrected chi connectivity index (χ4v) is 3.70. The van der Waals surface area contributed by atoms with Crippen LogP contribution in [-0.2, 0) is 24.3 Å². The third kappa shape index (κ3) is 4.17. The maximum absolute atomic E-state index is 11.9. The third-order valence-corrected chi connectivity index (χ3v) is 5.03. The maximum atomic E-state index is 11.9. The van der Waals surface area contributed by atoms with E-state index < -0.39 is 39.2 Å². The van der Waals surface area contributed by atoms with E-state index in [0.717, 1.165) is 0 Å². The van der Waals surface area contributed by atoms with E-state index in [2.05, 4.69) is 9.46 Å².